The number of rotatable bonds is 6. The second kappa shape index (κ2) is 13.4. The first-order chi connectivity index (χ1) is 28.1. The molecule has 0 unspecified atom stereocenters. The lowest BCUT2D eigenvalue weighted by molar-refractivity contribution is -0.127. The van der Waals surface area contributed by atoms with E-state index in [0.717, 1.165) is 5.57 Å². The summed E-state index contributed by atoms with van der Waals surface area (Å²) in [7, 11) is 1.40. The summed E-state index contributed by atoms with van der Waals surface area (Å²) in [5, 5.41) is 11.2. The summed E-state index contributed by atoms with van der Waals surface area (Å²) < 4.78 is 11.5. The van der Waals surface area contributed by atoms with Gasteiger partial charge in [-0.1, -0.05) is 83.4 Å². The number of aromatic nitrogens is 1. The summed E-state index contributed by atoms with van der Waals surface area (Å²) in [6, 6.07) is 33.4. The van der Waals surface area contributed by atoms with Gasteiger partial charge >= 0.3 is 0 Å². The van der Waals surface area contributed by atoms with Gasteiger partial charge in [-0.05, 0) is 96.6 Å². The van der Waals surface area contributed by atoms with Crippen LogP contribution in [-0.4, -0.2) is 40.8 Å². The average molecular weight is 811 g/mol. The van der Waals surface area contributed by atoms with Gasteiger partial charge in [0, 0.05) is 16.5 Å². The number of allylic oxidation sites excluding steroid dienone is 2. The number of halogens is 2. The molecule has 6 aromatic rings. The van der Waals surface area contributed by atoms with E-state index >= 15 is 9.59 Å². The number of phenolic OH excluding ortho intramolecular Hbond substituents is 1. The van der Waals surface area contributed by atoms with Crippen LogP contribution in [0.4, 0.5) is 11.4 Å². The summed E-state index contributed by atoms with van der Waals surface area (Å²) >= 11 is 13.1. The molecule has 6 atom stereocenters. The zero-order valence-electron chi connectivity index (χ0n) is 30.8. The van der Waals surface area contributed by atoms with Crippen molar-refractivity contribution in [2.75, 3.05) is 16.9 Å². The molecule has 1 aromatic heterocycles. The first-order valence-electron chi connectivity index (χ1n) is 18.9. The first kappa shape index (κ1) is 36.1. The molecule has 2 aliphatic heterocycles. The number of carbonyl (C=O) groups excluding carboxylic acids is 4. The monoisotopic (exact) mass is 809 g/mol. The molecule has 4 amide bonds. The van der Waals surface area contributed by atoms with Crippen molar-refractivity contribution in [3.63, 3.8) is 0 Å². The Bertz CT molecular complexity index is 2720. The quantitative estimate of drug-likeness (QED) is 0.131. The average Bonchev–Trinajstić information content (AvgIpc) is 3.86. The molecule has 1 N–H and O–H groups in total. The van der Waals surface area contributed by atoms with Gasteiger partial charge in [0.25, 0.3) is 0 Å². The van der Waals surface area contributed by atoms with E-state index in [1.807, 2.05) is 60.7 Å². The highest BCUT2D eigenvalue weighted by atomic mass is 35.5. The van der Waals surface area contributed by atoms with Crippen molar-refractivity contribution in [2.24, 2.45) is 23.7 Å². The van der Waals surface area contributed by atoms with Gasteiger partial charge in [0.15, 0.2) is 17.1 Å². The van der Waals surface area contributed by atoms with Crippen LogP contribution in [0.25, 0.3) is 22.6 Å². The molecule has 2 saturated heterocycles. The predicted octanol–water partition coefficient (Wildman–Crippen LogP) is 8.88. The van der Waals surface area contributed by atoms with E-state index in [1.165, 1.54) is 16.9 Å². The molecule has 0 spiro atoms. The van der Waals surface area contributed by atoms with Gasteiger partial charge in [-0.2, -0.15) is 0 Å². The number of para-hydroxylation sites is 2. The molecule has 5 aromatic carbocycles. The van der Waals surface area contributed by atoms with Gasteiger partial charge in [-0.25, -0.2) is 9.88 Å². The molecule has 10 rings (SSSR count). The summed E-state index contributed by atoms with van der Waals surface area (Å²) in [5.74, 6) is -5.35. The Hall–Kier alpha value is -6.23. The van der Waals surface area contributed by atoms with Gasteiger partial charge in [-0.3, -0.25) is 24.1 Å². The lowest BCUT2D eigenvalue weighted by Crippen LogP contribution is -2.53. The number of anilines is 2. The lowest BCUT2D eigenvalue weighted by atomic mass is 9.49. The number of amides is 4. The highest BCUT2D eigenvalue weighted by Crippen LogP contribution is 2.65. The van der Waals surface area contributed by atoms with E-state index in [2.05, 4.69) is 4.98 Å². The minimum Gasteiger partial charge on any atom is -0.503 e. The molecule has 288 valence electrons. The standard InChI is InChI=1S/C46H33Cl2N3O7/c1-57-37-21-25(20-34(48)40(37)52)39-30-18-19-31-38(44(55)50(42(31)53)28-16-14-24(15-17-28)41-49-35-12-5-6-13-36(35)58-41)32(30)23-33-43(54)51(29-11-7-10-27(47)22-29)45(56)46(33,39)26-8-3-2-4-9-26/h2-18,20-22,31-33,38-39,52H,19,23H2,1H3/t31-,32+,33-,38-,39-,46+/m0/s1. The van der Waals surface area contributed by atoms with Crippen LogP contribution >= 0.6 is 23.2 Å². The van der Waals surface area contributed by atoms with Crippen LogP contribution in [0.1, 0.15) is 29.9 Å². The number of oxazole rings is 1. The molecular weight excluding hydrogens is 777 g/mol. The topological polar surface area (TPSA) is 130 Å². The van der Waals surface area contributed by atoms with Crippen LogP contribution < -0.4 is 14.5 Å². The van der Waals surface area contributed by atoms with Gasteiger partial charge < -0.3 is 14.3 Å². The number of imide groups is 2. The highest BCUT2D eigenvalue weighted by Gasteiger charge is 2.70. The molecule has 4 aliphatic rings. The molecule has 0 radical (unpaired) electrons. The van der Waals surface area contributed by atoms with Crippen molar-refractivity contribution in [1.82, 2.24) is 4.98 Å². The van der Waals surface area contributed by atoms with E-state index < -0.39 is 46.8 Å². The molecule has 0 bridgehead atoms. The van der Waals surface area contributed by atoms with Crippen molar-refractivity contribution in [3.8, 4) is 23.0 Å². The molecule has 2 aliphatic carbocycles. The fourth-order valence-electron chi connectivity index (χ4n) is 10.0. The molecule has 12 heteroatoms. The van der Waals surface area contributed by atoms with Crippen LogP contribution in [0.3, 0.4) is 0 Å². The molecule has 10 nitrogen and oxygen atoms in total. The Morgan fingerprint density at radius 3 is 2.29 bits per heavy atom. The van der Waals surface area contributed by atoms with Gasteiger partial charge in [0.1, 0.15) is 5.52 Å². The maximum atomic E-state index is 15.5. The fraction of sp³-hybridized carbons (Fsp3) is 0.196. The minimum absolute atomic E-state index is 0.00594. The van der Waals surface area contributed by atoms with Crippen molar-refractivity contribution < 1.29 is 33.4 Å². The second-order valence-corrected chi connectivity index (χ2v) is 16.0. The molecule has 3 fully saturated rings. The molecular formula is C46H33Cl2N3O7. The summed E-state index contributed by atoms with van der Waals surface area (Å²) in [6.07, 6.45) is 2.32. The number of phenols is 1. The number of aromatic hydroxyl groups is 1. The lowest BCUT2D eigenvalue weighted by Gasteiger charge is -2.50. The number of ether oxygens (including phenoxy) is 1. The third-order valence-corrected chi connectivity index (χ3v) is 13.0. The number of benzene rings is 5. The van der Waals surface area contributed by atoms with Crippen molar-refractivity contribution >= 4 is 69.3 Å². The van der Waals surface area contributed by atoms with Crippen LogP contribution in [0, 0.1) is 23.7 Å². The van der Waals surface area contributed by atoms with Crippen LogP contribution in [-0.2, 0) is 24.6 Å². The predicted molar refractivity (Wildman–Crippen MR) is 218 cm³/mol. The number of methoxy groups -OCH3 is 1. The van der Waals surface area contributed by atoms with E-state index in [4.69, 9.17) is 32.4 Å². The van der Waals surface area contributed by atoms with Crippen LogP contribution in [0.2, 0.25) is 10.0 Å². The van der Waals surface area contributed by atoms with Crippen molar-refractivity contribution in [3.05, 3.63) is 148 Å². The minimum atomic E-state index is -1.52. The summed E-state index contributed by atoms with van der Waals surface area (Å²) in [5.41, 5.74) is 3.12. The maximum Gasteiger partial charge on any atom is 0.246 e. The normalized spacial score (nSPS) is 25.2. The van der Waals surface area contributed by atoms with Gasteiger partial charge in [-0.15, -0.1) is 0 Å². The third-order valence-electron chi connectivity index (χ3n) is 12.4. The molecule has 1 saturated carbocycles. The van der Waals surface area contributed by atoms with E-state index in [-0.39, 0.29) is 41.2 Å². The Balaban J connectivity index is 1.11. The van der Waals surface area contributed by atoms with Gasteiger partial charge in [0.2, 0.25) is 29.5 Å². The fourth-order valence-corrected chi connectivity index (χ4v) is 10.4. The van der Waals surface area contributed by atoms with Gasteiger partial charge in [0.05, 0.1) is 46.7 Å². The molecule has 58 heavy (non-hydrogen) atoms. The largest absolute Gasteiger partial charge is 0.503 e. The van der Waals surface area contributed by atoms with E-state index in [9.17, 15) is 14.7 Å². The summed E-state index contributed by atoms with van der Waals surface area (Å²) in [4.78, 5) is 66.7. The zero-order chi connectivity index (χ0) is 40.0. The number of carbonyl (C=O) groups is 4. The maximum absolute atomic E-state index is 15.5. The third kappa shape index (κ3) is 5.14. The second-order valence-electron chi connectivity index (χ2n) is 15.2. The van der Waals surface area contributed by atoms with E-state index in [1.54, 1.807) is 60.7 Å². The Kier molecular flexibility index (Phi) is 8.37. The number of hydrogen-bond donors (Lipinski definition) is 1. The Morgan fingerprint density at radius 2 is 1.55 bits per heavy atom. The number of nitrogens with zero attached hydrogens (tertiary/aromatic N) is 3. The van der Waals surface area contributed by atoms with Crippen LogP contribution in [0.15, 0.2) is 131 Å². The number of fused-ring (bicyclic) bond motifs is 5. The SMILES string of the molecule is COc1cc([C@H]2C3=CC[C@@H]4C(=O)N(c5ccc(-c6nc7ccccc7o6)cc5)C(=O)[C@@H]4[C@@H]3C[C@H]3C(=O)N(c4cccc(Cl)c4)C(=O)[C@@]23c2ccccc2)cc(Cl)c1O. The van der Waals surface area contributed by atoms with Crippen molar-refractivity contribution in [1.29, 1.82) is 0 Å². The highest BCUT2D eigenvalue weighted by molar-refractivity contribution is 6.33. The smallest absolute Gasteiger partial charge is 0.246 e. The first-order valence-corrected chi connectivity index (χ1v) is 19.7. The zero-order valence-corrected chi connectivity index (χ0v) is 32.4. The summed E-state index contributed by atoms with van der Waals surface area (Å²) in [6.45, 7) is 0. The Morgan fingerprint density at radius 1 is 0.793 bits per heavy atom. The molecule has 3 heterocycles. The van der Waals surface area contributed by atoms with Crippen molar-refractivity contribution in [2.45, 2.75) is 24.2 Å². The number of hydrogen-bond acceptors (Lipinski definition) is 8. The Labute approximate surface area is 342 Å². The van der Waals surface area contributed by atoms with E-state index in [0.29, 0.717) is 50.1 Å². The van der Waals surface area contributed by atoms with Crippen LogP contribution in [0.5, 0.6) is 11.5 Å².